The Balaban J connectivity index is 2.30. The molecule has 4 nitrogen and oxygen atoms in total. The van der Waals surface area contributed by atoms with Crippen LogP contribution in [0.15, 0.2) is 0 Å². The molecule has 0 bridgehead atoms. The van der Waals surface area contributed by atoms with Crippen LogP contribution in [0.25, 0.3) is 0 Å². The van der Waals surface area contributed by atoms with Crippen molar-refractivity contribution in [1.29, 1.82) is 0 Å². The second-order valence-electron chi connectivity index (χ2n) is 5.01. The normalized spacial score (nSPS) is 27.2. The first-order valence-corrected chi connectivity index (χ1v) is 7.67. The van der Waals surface area contributed by atoms with Gasteiger partial charge in [0.25, 0.3) is 0 Å². The molecule has 0 radical (unpaired) electrons. The SMILES string of the molecule is CN(C)S(=O)(=O)CCC1CCC(CN)CC1. The molecule has 1 fully saturated rings. The zero-order valence-corrected chi connectivity index (χ0v) is 11.2. The van der Waals surface area contributed by atoms with Gasteiger partial charge in [-0.1, -0.05) is 12.8 Å². The summed E-state index contributed by atoms with van der Waals surface area (Å²) in [5.41, 5.74) is 5.63. The van der Waals surface area contributed by atoms with Gasteiger partial charge >= 0.3 is 0 Å². The second kappa shape index (κ2) is 5.98. The molecule has 0 aromatic carbocycles. The van der Waals surface area contributed by atoms with Crippen LogP contribution in [0.1, 0.15) is 32.1 Å². The average Bonchev–Trinajstić information content (AvgIpc) is 2.27. The van der Waals surface area contributed by atoms with Gasteiger partial charge in [-0.2, -0.15) is 0 Å². The summed E-state index contributed by atoms with van der Waals surface area (Å²) >= 11 is 0. The second-order valence-corrected chi connectivity index (χ2v) is 7.31. The predicted octanol–water partition coefficient (Wildman–Crippen LogP) is 1.03. The van der Waals surface area contributed by atoms with Gasteiger partial charge in [-0.3, -0.25) is 0 Å². The fraction of sp³-hybridized carbons (Fsp3) is 1.00. The molecule has 1 rings (SSSR count). The summed E-state index contributed by atoms with van der Waals surface area (Å²) in [6.45, 7) is 0.780. The molecule has 16 heavy (non-hydrogen) atoms. The van der Waals surface area contributed by atoms with Crippen molar-refractivity contribution < 1.29 is 8.42 Å². The molecule has 0 unspecified atom stereocenters. The number of nitrogens with two attached hydrogens (primary N) is 1. The van der Waals surface area contributed by atoms with Gasteiger partial charge in [0.1, 0.15) is 0 Å². The molecule has 96 valence electrons. The summed E-state index contributed by atoms with van der Waals surface area (Å²) in [6, 6.07) is 0. The molecule has 0 heterocycles. The van der Waals surface area contributed by atoms with E-state index >= 15 is 0 Å². The molecule has 0 aliphatic heterocycles. The van der Waals surface area contributed by atoms with Crippen LogP contribution in [0.3, 0.4) is 0 Å². The van der Waals surface area contributed by atoms with Crippen molar-refractivity contribution in [2.45, 2.75) is 32.1 Å². The maximum Gasteiger partial charge on any atom is 0.213 e. The monoisotopic (exact) mass is 248 g/mol. The van der Waals surface area contributed by atoms with Crippen LogP contribution in [0.2, 0.25) is 0 Å². The highest BCUT2D eigenvalue weighted by molar-refractivity contribution is 7.89. The molecule has 0 saturated heterocycles. The van der Waals surface area contributed by atoms with Gasteiger partial charge in [0.2, 0.25) is 10.0 Å². The highest BCUT2D eigenvalue weighted by Gasteiger charge is 2.22. The Morgan fingerprint density at radius 3 is 2.06 bits per heavy atom. The smallest absolute Gasteiger partial charge is 0.213 e. The van der Waals surface area contributed by atoms with Gasteiger partial charge in [-0.25, -0.2) is 12.7 Å². The van der Waals surface area contributed by atoms with Crippen LogP contribution in [-0.4, -0.2) is 39.1 Å². The molecule has 0 amide bonds. The molecular weight excluding hydrogens is 224 g/mol. The Hall–Kier alpha value is -0.130. The third-order valence-corrected chi connectivity index (χ3v) is 5.50. The summed E-state index contributed by atoms with van der Waals surface area (Å²) < 4.78 is 24.5. The fourth-order valence-electron chi connectivity index (χ4n) is 2.25. The molecule has 1 aliphatic rings. The molecule has 5 heteroatoms. The lowest BCUT2D eigenvalue weighted by Gasteiger charge is -2.27. The van der Waals surface area contributed by atoms with Crippen LogP contribution in [-0.2, 0) is 10.0 Å². The van der Waals surface area contributed by atoms with Gasteiger partial charge in [-0.05, 0) is 37.6 Å². The van der Waals surface area contributed by atoms with E-state index in [1.54, 1.807) is 14.1 Å². The molecule has 0 atom stereocenters. The van der Waals surface area contributed by atoms with E-state index in [0.29, 0.717) is 11.8 Å². The summed E-state index contributed by atoms with van der Waals surface area (Å²) in [6.07, 6.45) is 5.43. The van der Waals surface area contributed by atoms with E-state index < -0.39 is 10.0 Å². The van der Waals surface area contributed by atoms with Crippen molar-refractivity contribution in [3.63, 3.8) is 0 Å². The summed E-state index contributed by atoms with van der Waals surface area (Å²) in [5, 5.41) is 0. The zero-order valence-electron chi connectivity index (χ0n) is 10.4. The quantitative estimate of drug-likeness (QED) is 0.790. The van der Waals surface area contributed by atoms with Crippen LogP contribution in [0.5, 0.6) is 0 Å². The minimum absolute atomic E-state index is 0.290. The number of nitrogens with zero attached hydrogens (tertiary/aromatic N) is 1. The zero-order chi connectivity index (χ0) is 12.2. The Kier molecular flexibility index (Phi) is 5.21. The minimum Gasteiger partial charge on any atom is -0.330 e. The third-order valence-electron chi connectivity index (χ3n) is 3.64. The van der Waals surface area contributed by atoms with Crippen molar-refractivity contribution in [1.82, 2.24) is 4.31 Å². The highest BCUT2D eigenvalue weighted by atomic mass is 32.2. The molecule has 1 aliphatic carbocycles. The lowest BCUT2D eigenvalue weighted by atomic mass is 9.81. The van der Waals surface area contributed by atoms with Gasteiger partial charge in [-0.15, -0.1) is 0 Å². The van der Waals surface area contributed by atoms with Gasteiger partial charge in [0.05, 0.1) is 5.75 Å². The van der Waals surface area contributed by atoms with Crippen molar-refractivity contribution >= 4 is 10.0 Å². The van der Waals surface area contributed by atoms with E-state index in [9.17, 15) is 8.42 Å². The Morgan fingerprint density at radius 2 is 1.62 bits per heavy atom. The molecule has 1 saturated carbocycles. The van der Waals surface area contributed by atoms with E-state index in [0.717, 1.165) is 25.8 Å². The maximum atomic E-state index is 11.6. The van der Waals surface area contributed by atoms with Gasteiger partial charge in [0.15, 0.2) is 0 Å². The van der Waals surface area contributed by atoms with E-state index in [1.165, 1.54) is 17.1 Å². The van der Waals surface area contributed by atoms with Crippen LogP contribution in [0, 0.1) is 11.8 Å². The molecular formula is C11H24N2O2S. The van der Waals surface area contributed by atoms with Gasteiger partial charge < -0.3 is 5.73 Å². The Bertz CT molecular complexity index is 293. The summed E-state index contributed by atoms with van der Waals surface area (Å²) in [7, 11) is 0.188. The van der Waals surface area contributed by atoms with Gasteiger partial charge in [0, 0.05) is 14.1 Å². The number of sulfonamides is 1. The Labute approximate surface area is 99.2 Å². The third kappa shape index (κ3) is 4.03. The average molecular weight is 248 g/mol. The lowest BCUT2D eigenvalue weighted by Crippen LogP contribution is -2.27. The van der Waals surface area contributed by atoms with Crippen molar-refractivity contribution in [3.8, 4) is 0 Å². The largest absolute Gasteiger partial charge is 0.330 e. The molecule has 2 N–H and O–H groups in total. The lowest BCUT2D eigenvalue weighted by molar-refractivity contribution is 0.274. The van der Waals surface area contributed by atoms with E-state index in [1.807, 2.05) is 0 Å². The number of hydrogen-bond donors (Lipinski definition) is 1. The first-order valence-electron chi connectivity index (χ1n) is 6.06. The van der Waals surface area contributed by atoms with Crippen LogP contribution in [0.4, 0.5) is 0 Å². The molecule has 0 spiro atoms. The van der Waals surface area contributed by atoms with E-state index in [-0.39, 0.29) is 5.75 Å². The number of rotatable bonds is 5. The molecule has 0 aromatic heterocycles. The summed E-state index contributed by atoms with van der Waals surface area (Å²) in [4.78, 5) is 0. The van der Waals surface area contributed by atoms with Crippen molar-refractivity contribution in [2.24, 2.45) is 17.6 Å². The standard InChI is InChI=1S/C11H24N2O2S/c1-13(2)16(14,15)8-7-10-3-5-11(9-12)6-4-10/h10-11H,3-9,12H2,1-2H3. The first-order chi connectivity index (χ1) is 7.45. The minimum atomic E-state index is -3.01. The van der Waals surface area contributed by atoms with Crippen LogP contribution < -0.4 is 5.73 Å². The Morgan fingerprint density at radius 1 is 1.12 bits per heavy atom. The predicted molar refractivity (Wildman–Crippen MR) is 66.6 cm³/mol. The maximum absolute atomic E-state index is 11.6. The van der Waals surface area contributed by atoms with Crippen molar-refractivity contribution in [2.75, 3.05) is 26.4 Å². The molecule has 0 aromatic rings. The van der Waals surface area contributed by atoms with Crippen LogP contribution >= 0.6 is 0 Å². The fourth-order valence-corrected chi connectivity index (χ4v) is 3.25. The van der Waals surface area contributed by atoms with E-state index in [4.69, 9.17) is 5.73 Å². The van der Waals surface area contributed by atoms with E-state index in [2.05, 4.69) is 0 Å². The highest BCUT2D eigenvalue weighted by Crippen LogP contribution is 2.30. The summed E-state index contributed by atoms with van der Waals surface area (Å²) in [5.74, 6) is 1.54. The van der Waals surface area contributed by atoms with Crippen molar-refractivity contribution in [3.05, 3.63) is 0 Å². The number of hydrogen-bond acceptors (Lipinski definition) is 3. The first kappa shape index (κ1) is 13.9. The topological polar surface area (TPSA) is 63.4 Å².